The zero-order chi connectivity index (χ0) is 20.7. The molecule has 5 heteroatoms. The summed E-state index contributed by atoms with van der Waals surface area (Å²) in [6, 6.07) is 14.2. The molecule has 0 aromatic heterocycles. The Hall–Kier alpha value is -2.03. The molecular formula is C24H26O3S2. The van der Waals surface area contributed by atoms with Crippen LogP contribution in [0.3, 0.4) is 0 Å². The molecule has 0 amide bonds. The SMILES string of the molecule is CCOC(=O)CCc1ccccc1C#Cc1ccc2c(c1)C(SC)(SC)CCO2. The van der Waals surface area contributed by atoms with Gasteiger partial charge in [-0.15, -0.1) is 23.5 Å². The summed E-state index contributed by atoms with van der Waals surface area (Å²) in [5, 5.41) is 0. The predicted octanol–water partition coefficient (Wildman–Crippen LogP) is 5.24. The van der Waals surface area contributed by atoms with Gasteiger partial charge in [-0.05, 0) is 55.7 Å². The molecule has 3 nitrogen and oxygen atoms in total. The fourth-order valence-corrected chi connectivity index (χ4v) is 5.44. The zero-order valence-corrected chi connectivity index (χ0v) is 18.8. The first-order chi connectivity index (χ1) is 14.1. The van der Waals surface area contributed by atoms with E-state index < -0.39 is 0 Å². The Bertz CT molecular complexity index is 923. The molecule has 2 aromatic rings. The van der Waals surface area contributed by atoms with Crippen molar-refractivity contribution in [3.8, 4) is 17.6 Å². The molecule has 1 heterocycles. The highest BCUT2D eigenvalue weighted by molar-refractivity contribution is 8.16. The minimum absolute atomic E-state index is 0.0167. The van der Waals surface area contributed by atoms with Crippen LogP contribution in [0.25, 0.3) is 0 Å². The van der Waals surface area contributed by atoms with Crippen molar-refractivity contribution >= 4 is 29.5 Å². The summed E-state index contributed by atoms with van der Waals surface area (Å²) in [5.74, 6) is 7.40. The number of benzene rings is 2. The molecule has 152 valence electrons. The first-order valence-electron chi connectivity index (χ1n) is 9.75. The van der Waals surface area contributed by atoms with Crippen LogP contribution < -0.4 is 4.74 Å². The van der Waals surface area contributed by atoms with Crippen molar-refractivity contribution in [1.29, 1.82) is 0 Å². The minimum atomic E-state index is -0.171. The van der Waals surface area contributed by atoms with E-state index in [1.165, 1.54) is 5.56 Å². The summed E-state index contributed by atoms with van der Waals surface area (Å²) in [5.41, 5.74) is 4.21. The summed E-state index contributed by atoms with van der Waals surface area (Å²) < 4.78 is 10.9. The Morgan fingerprint density at radius 1 is 1.17 bits per heavy atom. The van der Waals surface area contributed by atoms with Gasteiger partial charge in [-0.25, -0.2) is 0 Å². The van der Waals surface area contributed by atoms with Crippen molar-refractivity contribution in [2.45, 2.75) is 30.3 Å². The summed E-state index contributed by atoms with van der Waals surface area (Å²) in [7, 11) is 0. The third-order valence-electron chi connectivity index (χ3n) is 5.00. The molecule has 0 atom stereocenters. The molecular weight excluding hydrogens is 400 g/mol. The van der Waals surface area contributed by atoms with Gasteiger partial charge in [0.25, 0.3) is 0 Å². The van der Waals surface area contributed by atoms with Gasteiger partial charge >= 0.3 is 5.97 Å². The van der Waals surface area contributed by atoms with Crippen LogP contribution in [0.1, 0.15) is 42.0 Å². The second kappa shape index (κ2) is 10.1. The van der Waals surface area contributed by atoms with Crippen LogP contribution in [0.2, 0.25) is 0 Å². The van der Waals surface area contributed by atoms with Gasteiger partial charge in [-0.1, -0.05) is 30.0 Å². The first-order valence-corrected chi connectivity index (χ1v) is 12.2. The summed E-state index contributed by atoms with van der Waals surface area (Å²) in [6.07, 6.45) is 6.29. The van der Waals surface area contributed by atoms with Crippen LogP contribution in [-0.2, 0) is 20.0 Å². The van der Waals surface area contributed by atoms with Gasteiger partial charge in [0.05, 0.1) is 17.3 Å². The lowest BCUT2D eigenvalue weighted by Crippen LogP contribution is -2.26. The number of ether oxygens (including phenoxy) is 2. The molecule has 0 fully saturated rings. The largest absolute Gasteiger partial charge is 0.493 e. The molecule has 2 aromatic carbocycles. The summed E-state index contributed by atoms with van der Waals surface area (Å²) in [6.45, 7) is 2.98. The fraction of sp³-hybridized carbons (Fsp3) is 0.375. The predicted molar refractivity (Wildman–Crippen MR) is 123 cm³/mol. The lowest BCUT2D eigenvalue weighted by molar-refractivity contribution is -0.143. The van der Waals surface area contributed by atoms with E-state index in [1.54, 1.807) is 0 Å². The number of aryl methyl sites for hydroxylation is 1. The van der Waals surface area contributed by atoms with Crippen molar-refractivity contribution in [1.82, 2.24) is 0 Å². The second-order valence-electron chi connectivity index (χ2n) is 6.68. The number of hydrogen-bond acceptors (Lipinski definition) is 5. The van der Waals surface area contributed by atoms with Crippen molar-refractivity contribution in [2.24, 2.45) is 0 Å². The van der Waals surface area contributed by atoms with Crippen molar-refractivity contribution in [3.63, 3.8) is 0 Å². The second-order valence-corrected chi connectivity index (χ2v) is 9.15. The van der Waals surface area contributed by atoms with Gasteiger partial charge in [0, 0.05) is 29.5 Å². The Labute approximate surface area is 181 Å². The number of carbonyl (C=O) groups excluding carboxylic acids is 1. The van der Waals surface area contributed by atoms with Crippen LogP contribution in [0.4, 0.5) is 0 Å². The molecule has 0 radical (unpaired) electrons. The van der Waals surface area contributed by atoms with Crippen molar-refractivity contribution in [3.05, 3.63) is 64.7 Å². The highest BCUT2D eigenvalue weighted by atomic mass is 32.2. The Morgan fingerprint density at radius 3 is 2.72 bits per heavy atom. The van der Waals surface area contributed by atoms with Crippen LogP contribution in [0.5, 0.6) is 5.75 Å². The van der Waals surface area contributed by atoms with Crippen LogP contribution >= 0.6 is 23.5 Å². The zero-order valence-electron chi connectivity index (χ0n) is 17.1. The number of hydrogen-bond donors (Lipinski definition) is 0. The lowest BCUT2D eigenvalue weighted by atomic mass is 10.0. The summed E-state index contributed by atoms with van der Waals surface area (Å²) >= 11 is 3.73. The smallest absolute Gasteiger partial charge is 0.306 e. The number of esters is 1. The molecule has 0 saturated heterocycles. The highest BCUT2D eigenvalue weighted by Gasteiger charge is 2.36. The van der Waals surface area contributed by atoms with E-state index in [4.69, 9.17) is 9.47 Å². The van der Waals surface area contributed by atoms with Gasteiger partial charge < -0.3 is 9.47 Å². The van der Waals surface area contributed by atoms with Crippen molar-refractivity contribution in [2.75, 3.05) is 25.7 Å². The molecule has 0 aliphatic carbocycles. The standard InChI is InChI=1S/C24H26O3S2/c1-4-26-23(25)14-12-20-8-6-5-7-19(20)11-9-18-10-13-22-21(17-18)24(28-2,29-3)15-16-27-22/h5-8,10,13,17H,4,12,14-16H2,1-3H3. The number of carbonyl (C=O) groups is 1. The van der Waals surface area contributed by atoms with Gasteiger partial charge in [0.1, 0.15) is 5.75 Å². The third kappa shape index (κ3) is 5.12. The molecule has 3 rings (SSSR count). The lowest BCUT2D eigenvalue weighted by Gasteiger charge is -2.36. The molecule has 0 bridgehead atoms. The first kappa shape index (κ1) is 21.7. The maximum absolute atomic E-state index is 11.7. The minimum Gasteiger partial charge on any atom is -0.493 e. The third-order valence-corrected chi connectivity index (χ3v) is 8.17. The van der Waals surface area contributed by atoms with Gasteiger partial charge in [0.2, 0.25) is 0 Å². The molecule has 0 saturated carbocycles. The maximum Gasteiger partial charge on any atom is 0.306 e. The summed E-state index contributed by atoms with van der Waals surface area (Å²) in [4.78, 5) is 11.7. The quantitative estimate of drug-likeness (QED) is 0.358. The van der Waals surface area contributed by atoms with Gasteiger partial charge in [-0.3, -0.25) is 4.79 Å². The Morgan fingerprint density at radius 2 is 1.97 bits per heavy atom. The van der Waals surface area contributed by atoms with E-state index in [9.17, 15) is 4.79 Å². The van der Waals surface area contributed by atoms with E-state index in [0.717, 1.165) is 35.5 Å². The van der Waals surface area contributed by atoms with Crippen molar-refractivity contribution < 1.29 is 14.3 Å². The van der Waals surface area contributed by atoms with Crippen LogP contribution in [-0.4, -0.2) is 31.7 Å². The average molecular weight is 427 g/mol. The molecule has 1 aliphatic rings. The number of rotatable bonds is 6. The van der Waals surface area contributed by atoms with E-state index in [0.29, 0.717) is 19.4 Å². The molecule has 0 spiro atoms. The van der Waals surface area contributed by atoms with E-state index in [-0.39, 0.29) is 10.0 Å². The number of thioether (sulfide) groups is 2. The van der Waals surface area contributed by atoms with Crippen LogP contribution in [0.15, 0.2) is 42.5 Å². The van der Waals surface area contributed by atoms with E-state index in [2.05, 4.69) is 30.4 Å². The Balaban J connectivity index is 1.85. The molecule has 29 heavy (non-hydrogen) atoms. The van der Waals surface area contributed by atoms with Gasteiger partial charge in [-0.2, -0.15) is 0 Å². The maximum atomic E-state index is 11.7. The fourth-order valence-electron chi connectivity index (χ4n) is 3.44. The highest BCUT2D eigenvalue weighted by Crippen LogP contribution is 2.52. The normalized spacial score (nSPS) is 14.2. The monoisotopic (exact) mass is 426 g/mol. The topological polar surface area (TPSA) is 35.5 Å². The molecule has 1 aliphatic heterocycles. The van der Waals surface area contributed by atoms with Gasteiger partial charge in [0.15, 0.2) is 0 Å². The van der Waals surface area contributed by atoms with E-state index >= 15 is 0 Å². The van der Waals surface area contributed by atoms with Crippen LogP contribution in [0, 0.1) is 11.8 Å². The van der Waals surface area contributed by atoms with E-state index in [1.807, 2.05) is 66.8 Å². The molecule has 0 N–H and O–H groups in total. The number of fused-ring (bicyclic) bond motifs is 1. The molecule has 0 unspecified atom stereocenters. The average Bonchev–Trinajstić information content (AvgIpc) is 2.76. The Kier molecular flexibility index (Phi) is 7.57.